The topological polar surface area (TPSA) is 42.2 Å². The summed E-state index contributed by atoms with van der Waals surface area (Å²) in [6, 6.07) is 1.90. The van der Waals surface area contributed by atoms with Crippen LogP contribution in [0.4, 0.5) is 0 Å². The van der Waals surface area contributed by atoms with Crippen LogP contribution in [0.3, 0.4) is 0 Å². The van der Waals surface area contributed by atoms with Gasteiger partial charge in [0.25, 0.3) is 5.91 Å². The van der Waals surface area contributed by atoms with Crippen LogP contribution in [-0.2, 0) is 0 Å². The zero-order chi connectivity index (χ0) is 10.4. The summed E-state index contributed by atoms with van der Waals surface area (Å²) in [6.45, 7) is 2.06. The van der Waals surface area contributed by atoms with Gasteiger partial charge in [-0.15, -0.1) is 0 Å². The van der Waals surface area contributed by atoms with Gasteiger partial charge >= 0.3 is 0 Å². The smallest absolute Gasteiger partial charge is 0.254 e. The van der Waals surface area contributed by atoms with E-state index in [1.165, 1.54) is 12.5 Å². The highest BCUT2D eigenvalue weighted by Crippen LogP contribution is 2.04. The summed E-state index contributed by atoms with van der Waals surface area (Å²) in [5.41, 5.74) is 0.582. The lowest BCUT2D eigenvalue weighted by Crippen LogP contribution is -2.34. The van der Waals surface area contributed by atoms with Crippen LogP contribution in [0, 0.1) is 0 Å². The molecule has 3 nitrogen and oxygen atoms in total. The molecule has 0 aliphatic carbocycles. The lowest BCUT2D eigenvalue weighted by atomic mass is 10.1. The molecule has 0 radical (unpaired) electrons. The first kappa shape index (κ1) is 11.3. The second kappa shape index (κ2) is 5.86. The molecule has 14 heavy (non-hydrogen) atoms. The highest BCUT2D eigenvalue weighted by molar-refractivity contribution is 9.09. The van der Waals surface area contributed by atoms with Gasteiger partial charge in [0.1, 0.15) is 6.26 Å². The number of alkyl halides is 1. The minimum Gasteiger partial charge on any atom is -0.472 e. The maximum atomic E-state index is 11.6. The third-order valence-electron chi connectivity index (χ3n) is 2.07. The molecule has 1 rings (SSSR count). The first-order valence-electron chi connectivity index (χ1n) is 4.67. The van der Waals surface area contributed by atoms with E-state index in [0.29, 0.717) is 5.56 Å². The molecule has 0 bridgehead atoms. The number of rotatable bonds is 5. The number of carbonyl (C=O) groups is 1. The average Bonchev–Trinajstić information content (AvgIpc) is 2.69. The number of hydrogen-bond donors (Lipinski definition) is 1. The molecule has 78 valence electrons. The van der Waals surface area contributed by atoms with Crippen LogP contribution in [0.1, 0.15) is 30.1 Å². The van der Waals surface area contributed by atoms with Crippen LogP contribution in [0.15, 0.2) is 23.0 Å². The Labute approximate surface area is 92.0 Å². The second-order valence-electron chi connectivity index (χ2n) is 3.07. The molecule has 0 fully saturated rings. The number of amides is 1. The highest BCUT2D eigenvalue weighted by atomic mass is 79.9. The van der Waals surface area contributed by atoms with Crippen LogP contribution >= 0.6 is 15.9 Å². The van der Waals surface area contributed by atoms with Crippen LogP contribution in [0.2, 0.25) is 0 Å². The molecule has 1 amide bonds. The van der Waals surface area contributed by atoms with Crippen molar-refractivity contribution >= 4 is 21.8 Å². The van der Waals surface area contributed by atoms with E-state index >= 15 is 0 Å². The summed E-state index contributed by atoms with van der Waals surface area (Å²) < 4.78 is 4.84. The van der Waals surface area contributed by atoms with E-state index in [0.717, 1.165) is 18.2 Å². The predicted molar refractivity (Wildman–Crippen MR) is 58.7 cm³/mol. The SMILES string of the molecule is CCC(CCBr)NC(=O)c1ccoc1. The van der Waals surface area contributed by atoms with Crippen LogP contribution in [-0.4, -0.2) is 17.3 Å². The number of halogens is 1. The van der Waals surface area contributed by atoms with E-state index in [9.17, 15) is 4.79 Å². The van der Waals surface area contributed by atoms with Gasteiger partial charge in [0.05, 0.1) is 11.8 Å². The average molecular weight is 260 g/mol. The van der Waals surface area contributed by atoms with Gasteiger partial charge in [0.15, 0.2) is 0 Å². The monoisotopic (exact) mass is 259 g/mol. The third-order valence-corrected chi connectivity index (χ3v) is 2.53. The second-order valence-corrected chi connectivity index (χ2v) is 3.86. The molecule has 0 spiro atoms. The normalized spacial score (nSPS) is 12.4. The summed E-state index contributed by atoms with van der Waals surface area (Å²) in [4.78, 5) is 11.6. The number of furan rings is 1. The van der Waals surface area contributed by atoms with Crippen molar-refractivity contribution in [3.8, 4) is 0 Å². The molecule has 0 saturated carbocycles. The fourth-order valence-electron chi connectivity index (χ4n) is 1.17. The van der Waals surface area contributed by atoms with E-state index in [4.69, 9.17) is 4.42 Å². The molecule has 0 aliphatic heterocycles. The van der Waals surface area contributed by atoms with Crippen LogP contribution in [0.25, 0.3) is 0 Å². The molecule has 1 aromatic heterocycles. The highest BCUT2D eigenvalue weighted by Gasteiger charge is 2.11. The van der Waals surface area contributed by atoms with Crippen molar-refractivity contribution in [3.05, 3.63) is 24.2 Å². The van der Waals surface area contributed by atoms with Gasteiger partial charge in [-0.05, 0) is 18.9 Å². The van der Waals surface area contributed by atoms with E-state index in [2.05, 4.69) is 28.2 Å². The van der Waals surface area contributed by atoms with E-state index in [1.807, 2.05) is 0 Å². The van der Waals surface area contributed by atoms with Crippen molar-refractivity contribution in [3.63, 3.8) is 0 Å². The van der Waals surface area contributed by atoms with E-state index < -0.39 is 0 Å². The van der Waals surface area contributed by atoms with Gasteiger partial charge < -0.3 is 9.73 Å². The molecular weight excluding hydrogens is 246 g/mol. The number of carbonyl (C=O) groups excluding carboxylic acids is 1. The Morgan fingerprint density at radius 1 is 1.71 bits per heavy atom. The maximum Gasteiger partial charge on any atom is 0.254 e. The zero-order valence-corrected chi connectivity index (χ0v) is 9.71. The van der Waals surface area contributed by atoms with Gasteiger partial charge in [-0.25, -0.2) is 0 Å². The predicted octanol–water partition coefficient (Wildman–Crippen LogP) is 2.57. The first-order chi connectivity index (χ1) is 6.77. The Morgan fingerprint density at radius 2 is 2.50 bits per heavy atom. The van der Waals surface area contributed by atoms with Crippen molar-refractivity contribution in [1.82, 2.24) is 5.32 Å². The molecule has 1 heterocycles. The Kier molecular flexibility index (Phi) is 4.73. The van der Waals surface area contributed by atoms with Crippen LogP contribution < -0.4 is 5.32 Å². The Morgan fingerprint density at radius 3 is 3.00 bits per heavy atom. The quantitative estimate of drug-likeness (QED) is 0.827. The van der Waals surface area contributed by atoms with Crippen molar-refractivity contribution in [1.29, 1.82) is 0 Å². The Hall–Kier alpha value is -0.770. The number of hydrogen-bond acceptors (Lipinski definition) is 2. The molecule has 0 aromatic carbocycles. The maximum absolute atomic E-state index is 11.6. The molecule has 4 heteroatoms. The lowest BCUT2D eigenvalue weighted by molar-refractivity contribution is 0.0934. The van der Waals surface area contributed by atoms with Gasteiger partial charge in [-0.3, -0.25) is 4.79 Å². The van der Waals surface area contributed by atoms with Crippen molar-refractivity contribution < 1.29 is 9.21 Å². The summed E-state index contributed by atoms with van der Waals surface area (Å²) >= 11 is 3.36. The van der Waals surface area contributed by atoms with Crippen molar-refractivity contribution in [2.24, 2.45) is 0 Å². The molecule has 0 aliphatic rings. The first-order valence-corrected chi connectivity index (χ1v) is 5.79. The van der Waals surface area contributed by atoms with Crippen LogP contribution in [0.5, 0.6) is 0 Å². The van der Waals surface area contributed by atoms with Gasteiger partial charge in [0.2, 0.25) is 0 Å². The van der Waals surface area contributed by atoms with E-state index in [1.54, 1.807) is 6.07 Å². The summed E-state index contributed by atoms with van der Waals surface area (Å²) in [5, 5.41) is 3.84. The van der Waals surface area contributed by atoms with Gasteiger partial charge in [-0.2, -0.15) is 0 Å². The molecular formula is C10H14BrNO2. The molecule has 1 aromatic rings. The van der Waals surface area contributed by atoms with Gasteiger partial charge in [-0.1, -0.05) is 22.9 Å². The summed E-state index contributed by atoms with van der Waals surface area (Å²) in [7, 11) is 0. The molecule has 1 atom stereocenters. The fraction of sp³-hybridized carbons (Fsp3) is 0.500. The minimum absolute atomic E-state index is 0.0634. The fourth-order valence-corrected chi connectivity index (χ4v) is 1.73. The molecule has 1 unspecified atom stereocenters. The zero-order valence-electron chi connectivity index (χ0n) is 8.13. The Bertz CT molecular complexity index is 272. The summed E-state index contributed by atoms with van der Waals surface area (Å²) in [6.07, 6.45) is 4.84. The van der Waals surface area contributed by atoms with Crippen molar-refractivity contribution in [2.75, 3.05) is 5.33 Å². The minimum atomic E-state index is -0.0634. The van der Waals surface area contributed by atoms with Gasteiger partial charge in [0, 0.05) is 11.4 Å². The summed E-state index contributed by atoms with van der Waals surface area (Å²) in [5.74, 6) is -0.0634. The molecule has 1 N–H and O–H groups in total. The van der Waals surface area contributed by atoms with E-state index in [-0.39, 0.29) is 11.9 Å². The van der Waals surface area contributed by atoms with Crippen molar-refractivity contribution in [2.45, 2.75) is 25.8 Å². The Balaban J connectivity index is 2.47. The standard InChI is InChI=1S/C10H14BrNO2/c1-2-9(3-5-11)12-10(13)8-4-6-14-7-8/h4,6-7,9H,2-3,5H2,1H3,(H,12,13). The molecule has 0 saturated heterocycles. The largest absolute Gasteiger partial charge is 0.472 e. The third kappa shape index (κ3) is 3.18. The number of nitrogens with one attached hydrogen (secondary N) is 1. The lowest BCUT2D eigenvalue weighted by Gasteiger charge is -2.14.